The second kappa shape index (κ2) is 6.96. The summed E-state index contributed by atoms with van der Waals surface area (Å²) in [5.74, 6) is -0.606. The van der Waals surface area contributed by atoms with Gasteiger partial charge < -0.3 is 19.3 Å². The van der Waals surface area contributed by atoms with Crippen molar-refractivity contribution < 1.29 is 23.6 Å². The number of amides is 1. The van der Waals surface area contributed by atoms with Gasteiger partial charge in [0.05, 0.1) is 18.6 Å². The number of esters is 1. The predicted octanol–water partition coefficient (Wildman–Crippen LogP) is 0.0583. The Hall–Kier alpha value is -0.790. The van der Waals surface area contributed by atoms with Gasteiger partial charge in [-0.3, -0.25) is 4.79 Å². The van der Waals surface area contributed by atoms with Gasteiger partial charge in [0.15, 0.2) is 0 Å². The van der Waals surface area contributed by atoms with E-state index in [4.69, 9.17) is 8.92 Å². The van der Waals surface area contributed by atoms with Crippen LogP contribution in [0.2, 0.25) is 0 Å². The lowest BCUT2D eigenvalue weighted by molar-refractivity contribution is -0.152. The summed E-state index contributed by atoms with van der Waals surface area (Å²) in [6.07, 6.45) is 1.39. The molecule has 1 aliphatic rings. The molecule has 1 rings (SSSR count). The van der Waals surface area contributed by atoms with Crippen LogP contribution in [0.1, 0.15) is 26.2 Å². The average Bonchev–Trinajstić information content (AvgIpc) is 2.81. The van der Waals surface area contributed by atoms with Crippen molar-refractivity contribution in [2.24, 2.45) is 5.41 Å². The van der Waals surface area contributed by atoms with Crippen LogP contribution in [0, 0.1) is 5.41 Å². The van der Waals surface area contributed by atoms with Gasteiger partial charge in [0.25, 0.3) is 0 Å². The molecule has 2 unspecified atom stereocenters. The Morgan fingerprint density at radius 2 is 2.33 bits per heavy atom. The van der Waals surface area contributed by atoms with E-state index in [9.17, 15) is 14.7 Å². The summed E-state index contributed by atoms with van der Waals surface area (Å²) in [7, 11) is 0. The Balaban J connectivity index is 2.46. The highest BCUT2D eigenvalue weighted by atomic mass is 32.1. The number of hydrogen-bond acceptors (Lipinski definition) is 6. The van der Waals surface area contributed by atoms with Gasteiger partial charge in [-0.2, -0.15) is 0 Å². The molecule has 1 aliphatic heterocycles. The number of ether oxygens (including phenoxy) is 1. The van der Waals surface area contributed by atoms with Crippen LogP contribution in [0.15, 0.2) is 0 Å². The smallest absolute Gasteiger partial charge is 0.328 e. The van der Waals surface area contributed by atoms with Crippen molar-refractivity contribution >= 4 is 24.8 Å². The molecule has 0 spiro atoms. The average molecular weight is 277 g/mol. The monoisotopic (exact) mass is 277 g/mol. The number of aliphatic hydroxyl groups excluding tert-OH is 1. The van der Waals surface area contributed by atoms with Crippen LogP contribution in [-0.2, 0) is 18.5 Å². The van der Waals surface area contributed by atoms with Gasteiger partial charge in [-0.05, 0) is 25.8 Å². The third kappa shape index (κ3) is 3.86. The van der Waals surface area contributed by atoms with Crippen LogP contribution in [0.3, 0.4) is 0 Å². The van der Waals surface area contributed by atoms with E-state index in [1.54, 1.807) is 0 Å². The van der Waals surface area contributed by atoms with E-state index < -0.39 is 17.4 Å². The second-order valence-corrected chi connectivity index (χ2v) is 4.81. The van der Waals surface area contributed by atoms with Crippen molar-refractivity contribution in [1.29, 1.82) is 0 Å². The number of thiol groups is 1. The van der Waals surface area contributed by atoms with Gasteiger partial charge in [-0.1, -0.05) is 6.92 Å². The van der Waals surface area contributed by atoms with Crippen LogP contribution in [0.4, 0.5) is 0 Å². The molecule has 1 saturated heterocycles. The third-order valence-electron chi connectivity index (χ3n) is 3.26. The van der Waals surface area contributed by atoms with E-state index in [1.807, 2.05) is 6.92 Å². The van der Waals surface area contributed by atoms with Gasteiger partial charge in [-0.25, -0.2) is 4.79 Å². The summed E-state index contributed by atoms with van der Waals surface area (Å²) in [6.45, 7) is 1.95. The maximum atomic E-state index is 11.7. The Morgan fingerprint density at radius 3 is 2.78 bits per heavy atom. The largest absolute Gasteiger partial charge is 0.463 e. The molecule has 0 bridgehead atoms. The Bertz CT molecular complexity index is 306. The number of hydrogen-bond donors (Lipinski definition) is 3. The molecule has 1 heterocycles. The molecule has 104 valence electrons. The molecular formula is C11H19NO5S. The highest BCUT2D eigenvalue weighted by molar-refractivity contribution is 7.75. The van der Waals surface area contributed by atoms with Crippen LogP contribution in [0.25, 0.3) is 0 Å². The molecule has 1 amide bonds. The molecule has 0 radical (unpaired) electrons. The lowest BCUT2D eigenvalue weighted by atomic mass is 9.88. The summed E-state index contributed by atoms with van der Waals surface area (Å²) >= 11 is 3.66. The molecule has 18 heavy (non-hydrogen) atoms. The molecule has 2 atom stereocenters. The highest BCUT2D eigenvalue weighted by Crippen LogP contribution is 2.23. The number of aliphatic hydroxyl groups is 1. The van der Waals surface area contributed by atoms with Gasteiger partial charge in [0, 0.05) is 6.42 Å². The van der Waals surface area contributed by atoms with Crippen LogP contribution >= 0.6 is 12.9 Å². The third-order valence-corrected chi connectivity index (χ3v) is 3.39. The van der Waals surface area contributed by atoms with Crippen molar-refractivity contribution in [3.05, 3.63) is 0 Å². The zero-order chi connectivity index (χ0) is 13.6. The molecule has 1 fully saturated rings. The quantitative estimate of drug-likeness (QED) is 0.348. The zero-order valence-electron chi connectivity index (χ0n) is 10.3. The minimum atomic E-state index is -0.639. The van der Waals surface area contributed by atoms with E-state index in [-0.39, 0.29) is 25.7 Å². The van der Waals surface area contributed by atoms with E-state index >= 15 is 0 Å². The standard InChI is InChI=1S/C11H19NO5S/c1-2-11(5-13,7-17-18)6-16-10(15)8-3-4-9(14)12-8/h8,13,18H,2-7H2,1H3,(H,12,14). The number of carbonyl (C=O) groups excluding carboxylic acids is 2. The van der Waals surface area contributed by atoms with Gasteiger partial charge in [0.1, 0.15) is 12.6 Å². The molecule has 7 heteroatoms. The first-order valence-electron chi connectivity index (χ1n) is 5.90. The summed E-state index contributed by atoms with van der Waals surface area (Å²) in [5, 5.41) is 11.9. The maximum Gasteiger partial charge on any atom is 0.328 e. The first-order valence-corrected chi connectivity index (χ1v) is 6.26. The molecule has 6 nitrogen and oxygen atoms in total. The molecule has 0 aromatic heterocycles. The molecule has 2 N–H and O–H groups in total. The maximum absolute atomic E-state index is 11.7. The van der Waals surface area contributed by atoms with Gasteiger partial charge in [-0.15, -0.1) is 0 Å². The van der Waals surface area contributed by atoms with Crippen LogP contribution in [0.5, 0.6) is 0 Å². The minimum absolute atomic E-state index is 0.0474. The molecular weight excluding hydrogens is 258 g/mol. The number of rotatable bonds is 7. The van der Waals surface area contributed by atoms with Gasteiger partial charge in [0.2, 0.25) is 5.91 Å². The summed E-state index contributed by atoms with van der Waals surface area (Å²) in [4.78, 5) is 22.7. The Morgan fingerprint density at radius 1 is 1.61 bits per heavy atom. The first-order chi connectivity index (χ1) is 8.56. The van der Waals surface area contributed by atoms with Crippen LogP contribution < -0.4 is 5.32 Å². The molecule has 0 aromatic rings. The normalized spacial score (nSPS) is 22.4. The lowest BCUT2D eigenvalue weighted by Crippen LogP contribution is -2.40. The topological polar surface area (TPSA) is 84.9 Å². The highest BCUT2D eigenvalue weighted by Gasteiger charge is 2.33. The summed E-state index contributed by atoms with van der Waals surface area (Å²) in [5.41, 5.74) is -0.639. The summed E-state index contributed by atoms with van der Waals surface area (Å²) < 4.78 is 9.88. The SMILES string of the molecule is CCC(CO)(COS)COC(=O)C1CCC(=O)N1. The van der Waals surface area contributed by atoms with Gasteiger partial charge >= 0.3 is 5.97 Å². The fourth-order valence-electron chi connectivity index (χ4n) is 1.70. The first kappa shape index (κ1) is 15.3. The van der Waals surface area contributed by atoms with Crippen molar-refractivity contribution in [1.82, 2.24) is 5.32 Å². The Labute approximate surface area is 112 Å². The second-order valence-electron chi connectivity index (χ2n) is 4.55. The fourth-order valence-corrected chi connectivity index (χ4v) is 1.98. The summed E-state index contributed by atoms with van der Waals surface area (Å²) in [6, 6.07) is -0.567. The van der Waals surface area contributed by atoms with E-state index in [0.29, 0.717) is 19.3 Å². The number of carbonyl (C=O) groups is 2. The lowest BCUT2D eigenvalue weighted by Gasteiger charge is -2.29. The van der Waals surface area contributed by atoms with E-state index in [0.717, 1.165) is 0 Å². The molecule has 0 aromatic carbocycles. The van der Waals surface area contributed by atoms with E-state index in [1.165, 1.54) is 0 Å². The van der Waals surface area contributed by atoms with Crippen LogP contribution in [-0.4, -0.2) is 42.8 Å². The van der Waals surface area contributed by atoms with Crippen molar-refractivity contribution in [3.63, 3.8) is 0 Å². The molecule has 0 aliphatic carbocycles. The predicted molar refractivity (Wildman–Crippen MR) is 66.9 cm³/mol. The van der Waals surface area contributed by atoms with E-state index in [2.05, 4.69) is 18.2 Å². The molecule has 0 saturated carbocycles. The number of nitrogens with one attached hydrogen (secondary N) is 1. The van der Waals surface area contributed by atoms with Crippen molar-refractivity contribution in [3.8, 4) is 0 Å². The fraction of sp³-hybridized carbons (Fsp3) is 0.818. The van der Waals surface area contributed by atoms with Crippen molar-refractivity contribution in [2.75, 3.05) is 19.8 Å². The Kier molecular flexibility index (Phi) is 5.90. The van der Waals surface area contributed by atoms with Crippen molar-refractivity contribution in [2.45, 2.75) is 32.2 Å². The minimum Gasteiger partial charge on any atom is -0.463 e. The zero-order valence-corrected chi connectivity index (χ0v) is 11.2.